The molecule has 84 valence electrons. The Bertz CT molecular complexity index is 526. The van der Waals surface area contributed by atoms with E-state index in [1.165, 1.54) is 24.6 Å². The molecule has 1 heterocycles. The summed E-state index contributed by atoms with van der Waals surface area (Å²) in [6.45, 7) is 0.644. The molecule has 2 N–H and O–H groups in total. The molecule has 1 aromatic carbocycles. The Kier molecular flexibility index (Phi) is 2.21. The van der Waals surface area contributed by atoms with Crippen LogP contribution in [0.4, 0.5) is 4.39 Å². The first-order chi connectivity index (χ1) is 7.79. The van der Waals surface area contributed by atoms with Crippen LogP contribution < -0.4 is 5.73 Å². The topological polar surface area (TPSA) is 30.9 Å². The van der Waals surface area contributed by atoms with Crippen molar-refractivity contribution in [1.82, 2.24) is 4.57 Å². The van der Waals surface area contributed by atoms with Gasteiger partial charge in [-0.05, 0) is 50.1 Å². The molecule has 2 aromatic rings. The molecule has 0 saturated heterocycles. The van der Waals surface area contributed by atoms with Crippen LogP contribution in [-0.4, -0.2) is 11.1 Å². The van der Waals surface area contributed by atoms with Gasteiger partial charge in [0.2, 0.25) is 0 Å². The second-order valence-electron chi connectivity index (χ2n) is 4.48. The lowest BCUT2D eigenvalue weighted by Gasteiger charge is -2.08. The van der Waals surface area contributed by atoms with Crippen LogP contribution >= 0.6 is 0 Å². The summed E-state index contributed by atoms with van der Waals surface area (Å²) >= 11 is 0. The number of hydrogen-bond acceptors (Lipinski definition) is 1. The quantitative estimate of drug-likeness (QED) is 0.843. The third-order valence-corrected chi connectivity index (χ3v) is 3.19. The van der Waals surface area contributed by atoms with Crippen molar-refractivity contribution in [2.24, 2.45) is 5.73 Å². The van der Waals surface area contributed by atoms with Crippen molar-refractivity contribution < 1.29 is 4.39 Å². The predicted octanol–water partition coefficient (Wildman–Crippen LogP) is 2.62. The van der Waals surface area contributed by atoms with Crippen molar-refractivity contribution in [3.8, 4) is 0 Å². The summed E-state index contributed by atoms with van der Waals surface area (Å²) in [6.07, 6.45) is 3.34. The van der Waals surface area contributed by atoms with Crippen LogP contribution in [0.1, 0.15) is 24.6 Å². The highest BCUT2D eigenvalue weighted by molar-refractivity contribution is 5.81. The van der Waals surface area contributed by atoms with E-state index in [0.29, 0.717) is 12.6 Å². The predicted molar refractivity (Wildman–Crippen MR) is 62.9 cm³/mol. The molecule has 0 spiro atoms. The van der Waals surface area contributed by atoms with E-state index >= 15 is 0 Å². The lowest BCUT2D eigenvalue weighted by Crippen LogP contribution is -2.07. The Balaban J connectivity index is 2.20. The maximum Gasteiger partial charge on any atom is 0.123 e. The van der Waals surface area contributed by atoms with Gasteiger partial charge >= 0.3 is 0 Å². The molecule has 1 aromatic heterocycles. The molecule has 3 heteroatoms. The molecule has 1 saturated carbocycles. The van der Waals surface area contributed by atoms with Crippen LogP contribution in [0, 0.1) is 5.82 Å². The highest BCUT2D eigenvalue weighted by Crippen LogP contribution is 2.39. The van der Waals surface area contributed by atoms with Crippen molar-refractivity contribution in [2.75, 3.05) is 6.54 Å². The lowest BCUT2D eigenvalue weighted by molar-refractivity contribution is 0.629. The van der Waals surface area contributed by atoms with Crippen LogP contribution in [0.15, 0.2) is 24.3 Å². The standard InChI is InChI=1S/C13H15FN2/c14-10-1-4-13-9(7-10)8-12(5-6-15)16(13)11-2-3-11/h1,4,7-8,11H,2-3,5-6,15H2. The van der Waals surface area contributed by atoms with Crippen molar-refractivity contribution in [3.05, 3.63) is 35.8 Å². The van der Waals surface area contributed by atoms with Gasteiger partial charge in [-0.1, -0.05) is 0 Å². The number of nitrogens with zero attached hydrogens (tertiary/aromatic N) is 1. The van der Waals surface area contributed by atoms with E-state index in [2.05, 4.69) is 10.6 Å². The van der Waals surface area contributed by atoms with E-state index < -0.39 is 0 Å². The third kappa shape index (κ3) is 1.52. The third-order valence-electron chi connectivity index (χ3n) is 3.19. The highest BCUT2D eigenvalue weighted by Gasteiger charge is 2.26. The molecule has 0 unspecified atom stereocenters. The lowest BCUT2D eigenvalue weighted by atomic mass is 10.2. The molecular formula is C13H15FN2. The Labute approximate surface area is 93.9 Å². The van der Waals surface area contributed by atoms with Crippen LogP contribution in [0.2, 0.25) is 0 Å². The van der Waals surface area contributed by atoms with Gasteiger partial charge in [0.1, 0.15) is 5.82 Å². The largest absolute Gasteiger partial charge is 0.341 e. The molecule has 0 amide bonds. The molecule has 3 rings (SSSR count). The summed E-state index contributed by atoms with van der Waals surface area (Å²) in [6, 6.07) is 7.71. The summed E-state index contributed by atoms with van der Waals surface area (Å²) in [7, 11) is 0. The van der Waals surface area contributed by atoms with Gasteiger partial charge in [-0.25, -0.2) is 4.39 Å². The Hall–Kier alpha value is -1.35. The molecule has 1 aliphatic rings. The van der Waals surface area contributed by atoms with Crippen LogP contribution in [-0.2, 0) is 6.42 Å². The molecule has 0 radical (unpaired) electrons. The number of fused-ring (bicyclic) bond motifs is 1. The molecule has 0 bridgehead atoms. The van der Waals surface area contributed by atoms with Crippen molar-refractivity contribution in [1.29, 1.82) is 0 Å². The molecule has 1 aliphatic carbocycles. The van der Waals surface area contributed by atoms with Crippen LogP contribution in [0.25, 0.3) is 10.9 Å². The van der Waals surface area contributed by atoms with Gasteiger partial charge in [0, 0.05) is 22.6 Å². The van der Waals surface area contributed by atoms with E-state index in [4.69, 9.17) is 5.73 Å². The summed E-state index contributed by atoms with van der Waals surface area (Å²) in [5.41, 5.74) is 8.00. The maximum atomic E-state index is 13.1. The van der Waals surface area contributed by atoms with Crippen molar-refractivity contribution in [2.45, 2.75) is 25.3 Å². The van der Waals surface area contributed by atoms with Gasteiger partial charge in [-0.3, -0.25) is 0 Å². The first-order valence-electron chi connectivity index (χ1n) is 5.79. The minimum atomic E-state index is -0.167. The average Bonchev–Trinajstić information content (AvgIpc) is 3.02. The maximum absolute atomic E-state index is 13.1. The molecular weight excluding hydrogens is 203 g/mol. The molecule has 0 aliphatic heterocycles. The van der Waals surface area contributed by atoms with Gasteiger partial charge < -0.3 is 10.3 Å². The fourth-order valence-corrected chi connectivity index (χ4v) is 2.37. The fourth-order valence-electron chi connectivity index (χ4n) is 2.37. The fraction of sp³-hybridized carbons (Fsp3) is 0.385. The second kappa shape index (κ2) is 3.59. The van der Waals surface area contributed by atoms with E-state index in [9.17, 15) is 4.39 Å². The smallest absolute Gasteiger partial charge is 0.123 e. The van der Waals surface area contributed by atoms with Gasteiger partial charge in [-0.15, -0.1) is 0 Å². The van der Waals surface area contributed by atoms with E-state index in [1.807, 2.05) is 6.07 Å². The molecule has 2 nitrogen and oxygen atoms in total. The van der Waals surface area contributed by atoms with Crippen molar-refractivity contribution >= 4 is 10.9 Å². The highest BCUT2D eigenvalue weighted by atomic mass is 19.1. The summed E-state index contributed by atoms with van der Waals surface area (Å²) < 4.78 is 15.5. The minimum Gasteiger partial charge on any atom is -0.341 e. The molecule has 0 atom stereocenters. The number of hydrogen-bond donors (Lipinski definition) is 1. The van der Waals surface area contributed by atoms with Crippen molar-refractivity contribution in [3.63, 3.8) is 0 Å². The van der Waals surface area contributed by atoms with Gasteiger partial charge in [0.25, 0.3) is 0 Å². The first-order valence-corrected chi connectivity index (χ1v) is 5.79. The number of rotatable bonds is 3. The monoisotopic (exact) mass is 218 g/mol. The zero-order chi connectivity index (χ0) is 11.1. The number of aromatic nitrogens is 1. The summed E-state index contributed by atoms with van der Waals surface area (Å²) in [5, 5.41) is 0.996. The number of halogens is 1. The Morgan fingerprint density at radius 2 is 2.12 bits per heavy atom. The van der Waals surface area contributed by atoms with Crippen LogP contribution in [0.5, 0.6) is 0 Å². The molecule has 16 heavy (non-hydrogen) atoms. The minimum absolute atomic E-state index is 0.167. The van der Waals surface area contributed by atoms with Gasteiger partial charge in [0.15, 0.2) is 0 Å². The zero-order valence-corrected chi connectivity index (χ0v) is 9.12. The van der Waals surface area contributed by atoms with E-state index in [0.717, 1.165) is 17.3 Å². The number of nitrogens with two attached hydrogens (primary N) is 1. The SMILES string of the molecule is NCCc1cc2cc(F)ccc2n1C1CC1. The van der Waals surface area contributed by atoms with Crippen LogP contribution in [0.3, 0.4) is 0 Å². The Morgan fingerprint density at radius 1 is 1.31 bits per heavy atom. The average molecular weight is 218 g/mol. The second-order valence-corrected chi connectivity index (χ2v) is 4.48. The summed E-state index contributed by atoms with van der Waals surface area (Å²) in [4.78, 5) is 0. The van der Waals surface area contributed by atoms with Gasteiger partial charge in [-0.2, -0.15) is 0 Å². The Morgan fingerprint density at radius 3 is 2.81 bits per heavy atom. The normalized spacial score (nSPS) is 15.9. The molecule has 1 fully saturated rings. The summed E-state index contributed by atoms with van der Waals surface area (Å²) in [5.74, 6) is -0.167. The zero-order valence-electron chi connectivity index (χ0n) is 9.12. The van der Waals surface area contributed by atoms with E-state index in [1.54, 1.807) is 6.07 Å². The number of benzene rings is 1. The van der Waals surface area contributed by atoms with E-state index in [-0.39, 0.29) is 5.82 Å². The first kappa shape index (κ1) is 9.85. The van der Waals surface area contributed by atoms with Gasteiger partial charge in [0.05, 0.1) is 0 Å².